The molecular formula is C17H25N3O3. The minimum atomic E-state index is -0.318. The number of methoxy groups -OCH3 is 2. The molecule has 0 saturated carbocycles. The van der Waals surface area contributed by atoms with Gasteiger partial charge < -0.3 is 19.7 Å². The second-order valence-electron chi connectivity index (χ2n) is 5.65. The van der Waals surface area contributed by atoms with Gasteiger partial charge >= 0.3 is 5.97 Å². The number of ether oxygens (including phenoxy) is 2. The van der Waals surface area contributed by atoms with Crippen molar-refractivity contribution in [3.8, 4) is 0 Å². The summed E-state index contributed by atoms with van der Waals surface area (Å²) in [7, 11) is 4.93. The number of carbonyl (C=O) groups excluding carboxylic acids is 1. The van der Waals surface area contributed by atoms with Gasteiger partial charge in [0.2, 0.25) is 0 Å². The van der Waals surface area contributed by atoms with Crippen molar-refractivity contribution in [2.45, 2.75) is 13.0 Å². The van der Waals surface area contributed by atoms with Crippen LogP contribution in [0.4, 0.5) is 0 Å². The fraction of sp³-hybridized carbons (Fsp3) is 0.529. The number of benzene rings is 1. The second kappa shape index (κ2) is 8.53. The van der Waals surface area contributed by atoms with Crippen LogP contribution in [0.25, 0.3) is 0 Å². The predicted molar refractivity (Wildman–Crippen MR) is 89.5 cm³/mol. The fourth-order valence-corrected chi connectivity index (χ4v) is 2.79. The number of carbonyl (C=O) groups is 1. The Morgan fingerprint density at radius 2 is 2.09 bits per heavy atom. The van der Waals surface area contributed by atoms with Crippen LogP contribution in [0.5, 0.6) is 0 Å². The van der Waals surface area contributed by atoms with Gasteiger partial charge in [-0.1, -0.05) is 12.1 Å². The fourth-order valence-electron chi connectivity index (χ4n) is 2.79. The predicted octanol–water partition coefficient (Wildman–Crippen LogP) is 1.52. The molecule has 1 aromatic rings. The molecule has 1 atom stereocenters. The first-order chi connectivity index (χ1) is 11.2. The number of likely N-dealkylation sites (tertiary alicyclic amines) is 1. The van der Waals surface area contributed by atoms with Gasteiger partial charge in [0, 0.05) is 39.7 Å². The molecule has 0 bridgehead atoms. The van der Waals surface area contributed by atoms with Crippen LogP contribution >= 0.6 is 0 Å². The van der Waals surface area contributed by atoms with Gasteiger partial charge in [-0.3, -0.25) is 4.99 Å². The van der Waals surface area contributed by atoms with E-state index in [1.807, 2.05) is 12.1 Å². The Labute approximate surface area is 137 Å². The molecule has 1 N–H and O–H groups in total. The van der Waals surface area contributed by atoms with Crippen molar-refractivity contribution < 1.29 is 14.3 Å². The van der Waals surface area contributed by atoms with Gasteiger partial charge in [0.15, 0.2) is 5.96 Å². The van der Waals surface area contributed by atoms with Gasteiger partial charge in [0.05, 0.1) is 19.3 Å². The smallest absolute Gasteiger partial charge is 0.337 e. The van der Waals surface area contributed by atoms with E-state index in [0.29, 0.717) is 18.0 Å². The highest BCUT2D eigenvalue weighted by Crippen LogP contribution is 2.16. The van der Waals surface area contributed by atoms with Gasteiger partial charge in [0.1, 0.15) is 0 Å². The topological polar surface area (TPSA) is 63.2 Å². The molecular weight excluding hydrogens is 294 g/mol. The molecule has 1 aromatic carbocycles. The maximum atomic E-state index is 11.4. The molecule has 0 aromatic heterocycles. The molecule has 0 radical (unpaired) electrons. The van der Waals surface area contributed by atoms with Crippen LogP contribution in [0.2, 0.25) is 0 Å². The highest BCUT2D eigenvalue weighted by Gasteiger charge is 2.24. The van der Waals surface area contributed by atoms with E-state index in [9.17, 15) is 4.79 Å². The van der Waals surface area contributed by atoms with Crippen molar-refractivity contribution in [1.29, 1.82) is 0 Å². The van der Waals surface area contributed by atoms with Crippen molar-refractivity contribution in [1.82, 2.24) is 10.2 Å². The van der Waals surface area contributed by atoms with Crippen molar-refractivity contribution in [2.75, 3.05) is 41.0 Å². The van der Waals surface area contributed by atoms with Gasteiger partial charge in [-0.15, -0.1) is 0 Å². The minimum absolute atomic E-state index is 0.318. The second-order valence-corrected chi connectivity index (χ2v) is 5.65. The number of hydrogen-bond acceptors (Lipinski definition) is 4. The summed E-state index contributed by atoms with van der Waals surface area (Å²) in [5.74, 6) is 1.15. The summed E-state index contributed by atoms with van der Waals surface area (Å²) in [6.45, 7) is 3.42. The molecule has 1 fully saturated rings. The molecule has 6 heteroatoms. The van der Waals surface area contributed by atoms with E-state index < -0.39 is 0 Å². The van der Waals surface area contributed by atoms with Crippen molar-refractivity contribution in [3.63, 3.8) is 0 Å². The monoisotopic (exact) mass is 319 g/mol. The zero-order chi connectivity index (χ0) is 16.7. The van der Waals surface area contributed by atoms with E-state index in [4.69, 9.17) is 9.47 Å². The van der Waals surface area contributed by atoms with Gasteiger partial charge in [0.25, 0.3) is 0 Å². The third kappa shape index (κ3) is 4.69. The molecule has 1 saturated heterocycles. The third-order valence-electron chi connectivity index (χ3n) is 4.03. The quantitative estimate of drug-likeness (QED) is 0.506. The Kier molecular flexibility index (Phi) is 6.40. The Morgan fingerprint density at radius 3 is 2.70 bits per heavy atom. The van der Waals surface area contributed by atoms with Crippen LogP contribution in [-0.4, -0.2) is 57.8 Å². The van der Waals surface area contributed by atoms with Crippen LogP contribution in [0.1, 0.15) is 22.3 Å². The number of guanidine groups is 1. The molecule has 0 aliphatic carbocycles. The first-order valence-corrected chi connectivity index (χ1v) is 7.79. The van der Waals surface area contributed by atoms with Crippen LogP contribution < -0.4 is 5.32 Å². The largest absolute Gasteiger partial charge is 0.465 e. The first-order valence-electron chi connectivity index (χ1n) is 7.79. The highest BCUT2D eigenvalue weighted by atomic mass is 16.5. The standard InChI is InChI=1S/C17H25N3O3/c1-18-17(20-9-8-14(11-20)12-22-2)19-10-13-4-6-15(7-5-13)16(21)23-3/h4-7,14H,8-12H2,1-3H3,(H,18,19). The van der Waals surface area contributed by atoms with E-state index in [1.165, 1.54) is 7.11 Å². The first kappa shape index (κ1) is 17.3. The molecule has 6 nitrogen and oxygen atoms in total. The van der Waals surface area contributed by atoms with Crippen molar-refractivity contribution in [2.24, 2.45) is 10.9 Å². The summed E-state index contributed by atoms with van der Waals surface area (Å²) in [5, 5.41) is 3.37. The summed E-state index contributed by atoms with van der Waals surface area (Å²) in [4.78, 5) is 18.0. The average Bonchev–Trinajstić information content (AvgIpc) is 3.04. The lowest BCUT2D eigenvalue weighted by molar-refractivity contribution is 0.0600. The zero-order valence-electron chi connectivity index (χ0n) is 14.0. The van der Waals surface area contributed by atoms with E-state index in [-0.39, 0.29) is 5.97 Å². The summed E-state index contributed by atoms with van der Waals surface area (Å²) in [5.41, 5.74) is 1.65. The van der Waals surface area contributed by atoms with Gasteiger partial charge in [-0.2, -0.15) is 0 Å². The molecule has 0 amide bonds. The van der Waals surface area contributed by atoms with Gasteiger partial charge in [-0.25, -0.2) is 4.79 Å². The molecule has 1 unspecified atom stereocenters. The van der Waals surface area contributed by atoms with E-state index in [0.717, 1.165) is 37.6 Å². The van der Waals surface area contributed by atoms with E-state index in [2.05, 4.69) is 15.2 Å². The minimum Gasteiger partial charge on any atom is -0.465 e. The summed E-state index contributed by atoms with van der Waals surface area (Å²) in [6, 6.07) is 7.39. The lowest BCUT2D eigenvalue weighted by Crippen LogP contribution is -2.39. The summed E-state index contributed by atoms with van der Waals surface area (Å²) in [6.07, 6.45) is 1.13. The van der Waals surface area contributed by atoms with E-state index >= 15 is 0 Å². The average molecular weight is 319 g/mol. The molecule has 23 heavy (non-hydrogen) atoms. The Bertz CT molecular complexity index is 543. The molecule has 126 valence electrons. The van der Waals surface area contributed by atoms with Crippen LogP contribution in [-0.2, 0) is 16.0 Å². The summed E-state index contributed by atoms with van der Waals surface area (Å²) < 4.78 is 9.93. The van der Waals surface area contributed by atoms with Crippen molar-refractivity contribution in [3.05, 3.63) is 35.4 Å². The molecule has 1 heterocycles. The van der Waals surface area contributed by atoms with Crippen LogP contribution in [0.15, 0.2) is 29.3 Å². The Hall–Kier alpha value is -2.08. The lowest BCUT2D eigenvalue weighted by atomic mass is 10.1. The lowest BCUT2D eigenvalue weighted by Gasteiger charge is -2.21. The highest BCUT2D eigenvalue weighted by molar-refractivity contribution is 5.89. The maximum Gasteiger partial charge on any atom is 0.337 e. The van der Waals surface area contributed by atoms with Crippen LogP contribution in [0, 0.1) is 5.92 Å². The molecule has 1 aliphatic heterocycles. The molecule has 1 aliphatic rings. The number of nitrogens with zero attached hydrogens (tertiary/aromatic N) is 2. The van der Waals surface area contributed by atoms with E-state index in [1.54, 1.807) is 26.3 Å². The maximum absolute atomic E-state index is 11.4. The Morgan fingerprint density at radius 1 is 1.35 bits per heavy atom. The number of aliphatic imine (C=N–C) groups is 1. The zero-order valence-corrected chi connectivity index (χ0v) is 14.0. The van der Waals surface area contributed by atoms with Crippen molar-refractivity contribution >= 4 is 11.9 Å². The molecule has 2 rings (SSSR count). The van der Waals surface area contributed by atoms with Gasteiger partial charge in [-0.05, 0) is 24.1 Å². The SMILES string of the molecule is CN=C(NCc1ccc(C(=O)OC)cc1)N1CCC(COC)C1. The molecule has 0 spiro atoms. The number of nitrogens with one attached hydrogen (secondary N) is 1. The summed E-state index contributed by atoms with van der Waals surface area (Å²) >= 11 is 0. The number of rotatable bonds is 5. The Balaban J connectivity index is 1.87. The normalized spacial score (nSPS) is 18.1. The van der Waals surface area contributed by atoms with Crippen LogP contribution in [0.3, 0.4) is 0 Å². The number of esters is 1. The third-order valence-corrected chi connectivity index (χ3v) is 4.03. The number of hydrogen-bond donors (Lipinski definition) is 1.